The molecular weight excluding hydrogens is 328 g/mol. The van der Waals surface area contributed by atoms with Gasteiger partial charge in [-0.3, -0.25) is 9.96 Å². The van der Waals surface area contributed by atoms with Gasteiger partial charge in [0.25, 0.3) is 0 Å². The number of nitrogens with zero attached hydrogens (tertiary/aromatic N) is 3. The van der Waals surface area contributed by atoms with Gasteiger partial charge in [0.15, 0.2) is 12.8 Å². The van der Waals surface area contributed by atoms with E-state index >= 15 is 0 Å². The predicted molar refractivity (Wildman–Crippen MR) is 90.8 cm³/mol. The Balaban J connectivity index is 2.16. The van der Waals surface area contributed by atoms with Crippen LogP contribution in [0.1, 0.15) is 33.3 Å². The standard InChI is InChI=1S/C16H18N4O3S/c1-9-7-17-12(10(2)14(9)23-4)8-24(21)16-18-11-5-6-13(22-3)19-15(11)20-16/h5-7H,8H2,1-4H3,(H,18,19,20)/i1D3,2D3,3D3,5D,6D,7D/hD. The fourth-order valence-electron chi connectivity index (χ4n) is 1.85. The number of methoxy groups -OCH3 is 2. The number of imidazole rings is 1. The summed E-state index contributed by atoms with van der Waals surface area (Å²) in [5.41, 5.74) is -2.71. The maximum absolute atomic E-state index is 13.2. The lowest BCUT2D eigenvalue weighted by Gasteiger charge is -2.13. The highest BCUT2D eigenvalue weighted by Crippen LogP contribution is 2.26. The molecule has 0 aliphatic carbocycles. The zero-order valence-electron chi connectivity index (χ0n) is 25.1. The van der Waals surface area contributed by atoms with Crippen LogP contribution in [0.2, 0.25) is 1.41 Å². The van der Waals surface area contributed by atoms with Gasteiger partial charge in [0, 0.05) is 42.7 Å². The molecule has 7 nitrogen and oxygen atoms in total. The Morgan fingerprint density at radius 1 is 1.38 bits per heavy atom. The van der Waals surface area contributed by atoms with Crippen LogP contribution in [0.15, 0.2) is 23.4 Å². The molecular formula is C16H18N4O3S. The van der Waals surface area contributed by atoms with E-state index in [1.165, 1.54) is 0 Å². The van der Waals surface area contributed by atoms with E-state index in [1.807, 2.05) is 0 Å². The minimum atomic E-state index is -3.00. The van der Waals surface area contributed by atoms with Gasteiger partial charge in [-0.2, -0.15) is 9.97 Å². The van der Waals surface area contributed by atoms with Gasteiger partial charge >= 0.3 is 5.16 Å². The average molecular weight is 359 g/mol. The van der Waals surface area contributed by atoms with Gasteiger partial charge in [0.05, 0.1) is 33.6 Å². The summed E-state index contributed by atoms with van der Waals surface area (Å²) in [6.07, 6.45) is -0.823. The number of fused-ring (bicyclic) bond motifs is 1. The molecule has 1 unspecified atom stereocenters. The lowest BCUT2D eigenvalue weighted by molar-refractivity contribution is 0.399. The second-order valence-electron chi connectivity index (χ2n) is 4.39. The van der Waals surface area contributed by atoms with Crippen molar-refractivity contribution in [3.05, 3.63) is 35.1 Å². The highest BCUT2D eigenvalue weighted by Gasteiger charge is 2.21. The molecule has 0 saturated heterocycles. The number of pyridine rings is 2. The van der Waals surface area contributed by atoms with Crippen LogP contribution in [0.3, 0.4) is 0 Å². The normalized spacial score (nSPS) is 21.8. The van der Waals surface area contributed by atoms with Crippen LogP contribution in [-0.4, -0.2) is 38.6 Å². The number of rotatable bonds is 5. The summed E-state index contributed by atoms with van der Waals surface area (Å²) in [5, 5.41) is -0.565. The van der Waals surface area contributed by atoms with Crippen molar-refractivity contribution in [2.45, 2.75) is 24.6 Å². The van der Waals surface area contributed by atoms with Crippen LogP contribution >= 0.6 is 0 Å². The van der Waals surface area contributed by atoms with Gasteiger partial charge in [-0.05, 0) is 19.7 Å². The third-order valence-electron chi connectivity index (χ3n) is 2.93. The molecule has 0 bridgehead atoms. The summed E-state index contributed by atoms with van der Waals surface area (Å²) in [5.74, 6) is -2.14. The fraction of sp³-hybridized carbons (Fsp3) is 0.312. The number of hydrogen-bond acceptors (Lipinski definition) is 6. The maximum Gasteiger partial charge on any atom is 0.323 e. The van der Waals surface area contributed by atoms with Gasteiger partial charge in [-0.15, -0.1) is 0 Å². The van der Waals surface area contributed by atoms with E-state index in [0.717, 1.165) is 7.11 Å². The van der Waals surface area contributed by atoms with Crippen molar-refractivity contribution in [3.8, 4) is 11.6 Å². The van der Waals surface area contributed by atoms with Crippen molar-refractivity contribution in [1.29, 1.82) is 0 Å². The average Bonchev–Trinajstić information content (AvgIpc) is 3.04. The number of aromatic amines is 1. The van der Waals surface area contributed by atoms with Crippen LogP contribution in [0, 0.1) is 13.7 Å². The first-order valence-electron chi connectivity index (χ1n) is 12.8. The maximum atomic E-state index is 13.2. The van der Waals surface area contributed by atoms with Crippen LogP contribution in [0.4, 0.5) is 0 Å². The zero-order valence-corrected chi connectivity index (χ0v) is 12.9. The topological polar surface area (TPSA) is 96.0 Å². The number of ether oxygens (including phenoxy) is 2. The molecule has 8 heteroatoms. The van der Waals surface area contributed by atoms with Crippen molar-refractivity contribution in [3.63, 3.8) is 0 Å². The zero-order chi connectivity index (χ0) is 28.2. The summed E-state index contributed by atoms with van der Waals surface area (Å²) in [4.78, 5) is 11.8. The smallest absolute Gasteiger partial charge is 0.323 e. The molecule has 3 aromatic rings. The third kappa shape index (κ3) is 3.02. The highest BCUT2D eigenvalue weighted by molar-refractivity contribution is 7.90. The Morgan fingerprint density at radius 2 is 2.29 bits per heavy atom. The Hall–Kier alpha value is -2.32. The van der Waals surface area contributed by atoms with Crippen LogP contribution in [0.5, 0.6) is 11.6 Å². The van der Waals surface area contributed by atoms with Crippen molar-refractivity contribution >= 4 is 22.3 Å². The van der Waals surface area contributed by atoms with Gasteiger partial charge in [0.2, 0.25) is 5.88 Å². The van der Waals surface area contributed by atoms with Crippen molar-refractivity contribution < 1.29 is 31.9 Å². The number of nitrogens with one attached hydrogen (secondary N) is 1. The molecule has 0 spiro atoms. The molecule has 3 aromatic heterocycles. The molecule has 126 valence electrons. The molecule has 24 heavy (non-hydrogen) atoms. The summed E-state index contributed by atoms with van der Waals surface area (Å²) in [6, 6.07) is -1.45. The fourth-order valence-corrected chi connectivity index (χ4v) is 2.81. The quantitative estimate of drug-likeness (QED) is 0.702. The molecule has 0 radical (unpaired) electrons. The minimum Gasteiger partial charge on any atom is -0.609 e. The molecule has 0 saturated carbocycles. The van der Waals surface area contributed by atoms with Gasteiger partial charge in [-0.25, -0.2) is 0 Å². The van der Waals surface area contributed by atoms with E-state index in [-0.39, 0.29) is 0 Å². The van der Waals surface area contributed by atoms with E-state index in [2.05, 4.69) is 19.7 Å². The molecule has 0 fully saturated rings. The molecule has 3 rings (SSSR count). The Kier molecular flexibility index (Phi) is 1.91. The first-order valence-corrected chi connectivity index (χ1v) is 7.64. The summed E-state index contributed by atoms with van der Waals surface area (Å²) in [7, 11) is -1.98. The molecule has 0 amide bonds. The number of H-pyrrole nitrogens is 1. The Labute approximate surface area is 161 Å². The molecule has 0 aliphatic rings. The van der Waals surface area contributed by atoms with E-state index in [0.29, 0.717) is 4.98 Å². The number of hydrogen-bond donors (Lipinski definition) is 1. The van der Waals surface area contributed by atoms with E-state index in [1.54, 1.807) is 0 Å². The lowest BCUT2D eigenvalue weighted by Crippen LogP contribution is -2.10. The Bertz CT molecular complexity index is 1350. The van der Waals surface area contributed by atoms with E-state index < -0.39 is 101 Å². The molecule has 3 heterocycles. The van der Waals surface area contributed by atoms with Crippen LogP contribution in [0.25, 0.3) is 11.2 Å². The largest absolute Gasteiger partial charge is 0.609 e. The lowest BCUT2D eigenvalue weighted by atomic mass is 10.1. The van der Waals surface area contributed by atoms with Gasteiger partial charge in [0.1, 0.15) is 5.75 Å². The minimum absolute atomic E-state index is 0.397. The van der Waals surface area contributed by atoms with Gasteiger partial charge in [-0.1, -0.05) is 0 Å². The molecule has 1 N–H and O–H groups in total. The second-order valence-corrected chi connectivity index (χ2v) is 5.74. The monoisotopic (exact) mass is 359 g/mol. The SMILES string of the molecule is [2H]c1nc(C[S+]([O-])c2nc3nc(OC([2H])([2H])[2H])c([2H])c([2H])c3n2[2H])c(C([2H])([2H])[2H])c(OC)c1C([2H])([2H])[2H]. The predicted octanol–water partition coefficient (Wildman–Crippen LogP) is 2.29. The van der Waals surface area contributed by atoms with E-state index in [9.17, 15) is 4.55 Å². The highest BCUT2D eigenvalue weighted by atomic mass is 32.2. The van der Waals surface area contributed by atoms with Crippen molar-refractivity contribution in [2.24, 2.45) is 0 Å². The van der Waals surface area contributed by atoms with Crippen molar-refractivity contribution in [2.75, 3.05) is 14.1 Å². The molecule has 1 atom stereocenters. The van der Waals surface area contributed by atoms with Crippen molar-refractivity contribution in [1.82, 2.24) is 19.9 Å². The van der Waals surface area contributed by atoms with E-state index in [4.69, 9.17) is 22.6 Å². The number of aromatic nitrogens is 4. The van der Waals surface area contributed by atoms with Crippen LogP contribution in [-0.2, 0) is 16.9 Å². The second kappa shape index (κ2) is 6.66. The summed E-state index contributed by atoms with van der Waals surface area (Å²) < 4.78 is 123. The summed E-state index contributed by atoms with van der Waals surface area (Å²) >= 11 is -2.37. The molecule has 0 aliphatic heterocycles. The Morgan fingerprint density at radius 3 is 3.04 bits per heavy atom. The molecule has 0 aromatic carbocycles. The summed E-state index contributed by atoms with van der Waals surface area (Å²) in [6.45, 7) is -5.94. The first kappa shape index (κ1) is 6.89. The van der Waals surface area contributed by atoms with Gasteiger partial charge < -0.3 is 14.0 Å². The first-order chi connectivity index (χ1) is 16.8. The van der Waals surface area contributed by atoms with Crippen LogP contribution < -0.4 is 9.47 Å². The third-order valence-corrected chi connectivity index (χ3v) is 4.06.